The van der Waals surface area contributed by atoms with E-state index in [0.29, 0.717) is 6.07 Å². The highest BCUT2D eigenvalue weighted by Crippen LogP contribution is 2.37. The van der Waals surface area contributed by atoms with E-state index in [9.17, 15) is 32.1 Å². The molecule has 0 aliphatic rings. The Morgan fingerprint density at radius 3 is 2.24 bits per heavy atom. The first-order valence-electron chi connectivity index (χ1n) is 4.01. The van der Waals surface area contributed by atoms with E-state index in [4.69, 9.17) is 0 Å². The highest BCUT2D eigenvalue weighted by atomic mass is 19.4. The fourth-order valence-electron chi connectivity index (χ4n) is 0.866. The molecule has 0 saturated carbocycles. The molecule has 9 heteroatoms. The van der Waals surface area contributed by atoms with Crippen LogP contribution < -0.4 is 4.74 Å². The Balaban J connectivity index is 2.96. The monoisotopic (exact) mass is 257 g/mol. The SMILES string of the molecule is O=[N+]([O-])c1cccc(OC(F)(F)C(F)(F)F)c1. The molecule has 0 aliphatic carbocycles. The number of nitro groups is 1. The number of rotatable bonds is 3. The minimum absolute atomic E-state index is 0.472. The number of ether oxygens (including phenoxy) is 1. The van der Waals surface area contributed by atoms with Crippen LogP contribution in [0.5, 0.6) is 5.75 Å². The quantitative estimate of drug-likeness (QED) is 0.475. The topological polar surface area (TPSA) is 52.4 Å². The van der Waals surface area contributed by atoms with Crippen molar-refractivity contribution in [3.05, 3.63) is 34.4 Å². The Hall–Kier alpha value is -1.93. The number of alkyl halides is 5. The number of hydrogen-bond donors (Lipinski definition) is 0. The van der Waals surface area contributed by atoms with E-state index in [-0.39, 0.29) is 0 Å². The lowest BCUT2D eigenvalue weighted by Gasteiger charge is -2.19. The third-order valence-corrected chi connectivity index (χ3v) is 1.60. The molecule has 1 aromatic rings. The van der Waals surface area contributed by atoms with Crippen LogP contribution in [0.4, 0.5) is 27.6 Å². The molecule has 0 saturated heterocycles. The van der Waals surface area contributed by atoms with Crippen LogP contribution in [-0.4, -0.2) is 17.2 Å². The maximum Gasteiger partial charge on any atom is 0.499 e. The molecule has 0 amide bonds. The van der Waals surface area contributed by atoms with E-state index in [1.807, 2.05) is 0 Å². The fourth-order valence-corrected chi connectivity index (χ4v) is 0.866. The Morgan fingerprint density at radius 1 is 1.18 bits per heavy atom. The minimum Gasteiger partial charge on any atom is -0.426 e. The van der Waals surface area contributed by atoms with Crippen molar-refractivity contribution in [3.8, 4) is 5.75 Å². The zero-order chi connectivity index (χ0) is 13.3. The van der Waals surface area contributed by atoms with Crippen molar-refractivity contribution in [2.75, 3.05) is 0 Å². The van der Waals surface area contributed by atoms with E-state index in [1.165, 1.54) is 0 Å². The predicted molar refractivity (Wildman–Crippen MR) is 44.7 cm³/mol. The summed E-state index contributed by atoms with van der Waals surface area (Å²) in [7, 11) is 0. The average molecular weight is 257 g/mol. The summed E-state index contributed by atoms with van der Waals surface area (Å²) in [5.74, 6) is -0.943. The fraction of sp³-hybridized carbons (Fsp3) is 0.250. The Bertz CT molecular complexity index is 431. The number of non-ortho nitro benzene ring substituents is 1. The zero-order valence-electron chi connectivity index (χ0n) is 7.87. The molecule has 0 bridgehead atoms. The zero-order valence-corrected chi connectivity index (χ0v) is 7.87. The third kappa shape index (κ3) is 3.02. The first-order chi connectivity index (χ1) is 7.63. The van der Waals surface area contributed by atoms with Crippen LogP contribution in [0, 0.1) is 10.1 Å². The van der Waals surface area contributed by atoms with Gasteiger partial charge in [-0.2, -0.15) is 22.0 Å². The van der Waals surface area contributed by atoms with Gasteiger partial charge in [0.05, 0.1) is 11.0 Å². The van der Waals surface area contributed by atoms with Gasteiger partial charge >= 0.3 is 12.3 Å². The molecule has 0 N–H and O–H groups in total. The molecule has 0 fully saturated rings. The van der Waals surface area contributed by atoms with Crippen LogP contribution in [-0.2, 0) is 0 Å². The standard InChI is InChI=1S/C8H4F5NO3/c9-7(10,11)8(12,13)17-6-3-1-2-5(4-6)14(15)16/h1-4H. The van der Waals surface area contributed by atoms with Gasteiger partial charge in [-0.05, 0) is 6.07 Å². The van der Waals surface area contributed by atoms with Crippen LogP contribution in [0.3, 0.4) is 0 Å². The lowest BCUT2D eigenvalue weighted by molar-refractivity contribution is -0.385. The molecule has 0 aliphatic heterocycles. The van der Waals surface area contributed by atoms with Crippen LogP contribution >= 0.6 is 0 Å². The number of benzene rings is 1. The van der Waals surface area contributed by atoms with E-state index in [0.717, 1.165) is 18.2 Å². The van der Waals surface area contributed by atoms with Crippen LogP contribution in [0.25, 0.3) is 0 Å². The molecular weight excluding hydrogens is 253 g/mol. The molecule has 4 nitrogen and oxygen atoms in total. The van der Waals surface area contributed by atoms with Crippen molar-refractivity contribution >= 4 is 5.69 Å². The van der Waals surface area contributed by atoms with Gasteiger partial charge in [-0.15, -0.1) is 0 Å². The van der Waals surface area contributed by atoms with Gasteiger partial charge in [-0.25, -0.2) is 0 Å². The lowest BCUT2D eigenvalue weighted by Crippen LogP contribution is -2.41. The molecule has 17 heavy (non-hydrogen) atoms. The smallest absolute Gasteiger partial charge is 0.426 e. The van der Waals surface area contributed by atoms with Gasteiger partial charge in [-0.1, -0.05) is 6.07 Å². The summed E-state index contributed by atoms with van der Waals surface area (Å²) in [6.07, 6.45) is -11.3. The maximum atomic E-state index is 12.4. The third-order valence-electron chi connectivity index (χ3n) is 1.60. The maximum absolute atomic E-state index is 12.4. The normalized spacial score (nSPS) is 12.3. The minimum atomic E-state index is -5.89. The molecule has 1 rings (SSSR count). The van der Waals surface area contributed by atoms with Crippen molar-refractivity contribution in [1.82, 2.24) is 0 Å². The number of hydrogen-bond acceptors (Lipinski definition) is 3. The summed E-state index contributed by atoms with van der Waals surface area (Å²) in [4.78, 5) is 9.31. The molecular formula is C8H4F5NO3. The van der Waals surface area contributed by atoms with Gasteiger partial charge in [0.2, 0.25) is 0 Å². The molecule has 0 heterocycles. The van der Waals surface area contributed by atoms with Crippen LogP contribution in [0.15, 0.2) is 24.3 Å². The van der Waals surface area contributed by atoms with Gasteiger partial charge in [-0.3, -0.25) is 10.1 Å². The number of nitrogens with zero attached hydrogens (tertiary/aromatic N) is 1. The molecule has 94 valence electrons. The first-order valence-corrected chi connectivity index (χ1v) is 4.01. The highest BCUT2D eigenvalue weighted by molar-refractivity contribution is 5.38. The van der Waals surface area contributed by atoms with E-state index >= 15 is 0 Å². The van der Waals surface area contributed by atoms with Crippen molar-refractivity contribution in [1.29, 1.82) is 0 Å². The van der Waals surface area contributed by atoms with Gasteiger partial charge in [0.15, 0.2) is 0 Å². The summed E-state index contributed by atoms with van der Waals surface area (Å²) in [5, 5.41) is 10.3. The largest absolute Gasteiger partial charge is 0.499 e. The Kier molecular flexibility index (Phi) is 3.21. The highest BCUT2D eigenvalue weighted by Gasteiger charge is 2.61. The van der Waals surface area contributed by atoms with Crippen LogP contribution in [0.1, 0.15) is 0 Å². The van der Waals surface area contributed by atoms with E-state index < -0.39 is 28.6 Å². The predicted octanol–water partition coefficient (Wildman–Crippen LogP) is 3.13. The second-order valence-electron chi connectivity index (χ2n) is 2.87. The summed E-state index contributed by atoms with van der Waals surface area (Å²) in [6.45, 7) is 0. The summed E-state index contributed by atoms with van der Waals surface area (Å²) in [5.41, 5.74) is -0.652. The van der Waals surface area contributed by atoms with Gasteiger partial charge in [0.25, 0.3) is 5.69 Å². The second kappa shape index (κ2) is 4.15. The summed E-state index contributed by atoms with van der Waals surface area (Å²) >= 11 is 0. The second-order valence-corrected chi connectivity index (χ2v) is 2.87. The Morgan fingerprint density at radius 2 is 1.76 bits per heavy atom. The molecule has 0 spiro atoms. The molecule has 0 atom stereocenters. The van der Waals surface area contributed by atoms with Crippen molar-refractivity contribution in [2.45, 2.75) is 12.3 Å². The lowest BCUT2D eigenvalue weighted by atomic mass is 10.3. The van der Waals surface area contributed by atoms with Crippen molar-refractivity contribution in [2.24, 2.45) is 0 Å². The molecule has 1 aromatic carbocycles. The number of halogens is 5. The molecule has 0 radical (unpaired) electrons. The summed E-state index contributed by atoms with van der Waals surface area (Å²) in [6, 6.07) is 3.09. The van der Waals surface area contributed by atoms with Gasteiger partial charge in [0, 0.05) is 6.07 Å². The summed E-state index contributed by atoms with van der Waals surface area (Å²) < 4.78 is 63.6. The number of nitro benzene ring substituents is 1. The van der Waals surface area contributed by atoms with E-state index in [1.54, 1.807) is 0 Å². The van der Waals surface area contributed by atoms with Gasteiger partial charge in [0.1, 0.15) is 5.75 Å². The first kappa shape index (κ1) is 13.1. The van der Waals surface area contributed by atoms with E-state index in [2.05, 4.69) is 4.74 Å². The van der Waals surface area contributed by atoms with Crippen molar-refractivity contribution in [3.63, 3.8) is 0 Å². The van der Waals surface area contributed by atoms with Crippen molar-refractivity contribution < 1.29 is 31.6 Å². The Labute approximate surface area is 90.8 Å². The van der Waals surface area contributed by atoms with Crippen LogP contribution in [0.2, 0.25) is 0 Å². The molecule has 0 aromatic heterocycles. The molecule has 0 unspecified atom stereocenters. The average Bonchev–Trinajstić information content (AvgIpc) is 2.15. The van der Waals surface area contributed by atoms with Gasteiger partial charge < -0.3 is 4.74 Å².